The van der Waals surface area contributed by atoms with E-state index in [1.807, 2.05) is 17.3 Å². The van der Waals surface area contributed by atoms with Crippen molar-refractivity contribution in [1.82, 2.24) is 35.5 Å². The minimum Gasteiger partial charge on any atom is -0.453 e. The van der Waals surface area contributed by atoms with Crippen molar-refractivity contribution in [3.63, 3.8) is 0 Å². The number of imidazole rings is 2. The second kappa shape index (κ2) is 14.5. The summed E-state index contributed by atoms with van der Waals surface area (Å²) >= 11 is 0. The standard InChI is InChI=1S/C41H51N7O4/c1-23-5-17-32(44-23)38-42-21-33(45-38)28-11-7-26(8-12-28)27-9-13-29(14-10-27)34-22-43-39(46-34)35-18-6-24(2)48(35)40(49)37(47-41(50)51-4)31-19-25(3)52-36(20-31)30-15-16-30/h7-14,21-25,30-32,35-37,44H,5-6,15-20H2,1-4H3,(H,42,45)(H,43,46)(H,47,50)/t23-,24-,25+,31-,32-,35-,36-,37-/m0/s1. The van der Waals surface area contributed by atoms with Gasteiger partial charge in [0.2, 0.25) is 5.91 Å². The first-order chi connectivity index (χ1) is 25.2. The van der Waals surface area contributed by atoms with Gasteiger partial charge in [0.1, 0.15) is 17.7 Å². The van der Waals surface area contributed by atoms with Gasteiger partial charge >= 0.3 is 6.09 Å². The monoisotopic (exact) mass is 705 g/mol. The number of methoxy groups -OCH3 is 1. The van der Waals surface area contributed by atoms with Crippen molar-refractivity contribution in [2.75, 3.05) is 7.11 Å². The fourth-order valence-corrected chi connectivity index (χ4v) is 8.77. The van der Waals surface area contributed by atoms with E-state index in [0.29, 0.717) is 24.4 Å². The molecule has 4 aromatic rings. The molecule has 2 aromatic heterocycles. The summed E-state index contributed by atoms with van der Waals surface area (Å²) in [7, 11) is 1.34. The molecule has 1 aliphatic carbocycles. The summed E-state index contributed by atoms with van der Waals surface area (Å²) in [6, 6.07) is 17.0. The summed E-state index contributed by atoms with van der Waals surface area (Å²) in [5.74, 6) is 2.22. The number of carbonyl (C=O) groups is 2. The third-order valence-corrected chi connectivity index (χ3v) is 11.8. The number of ether oxygens (including phenoxy) is 2. The van der Waals surface area contributed by atoms with E-state index < -0.39 is 12.1 Å². The normalized spacial score (nSPS) is 28.2. The van der Waals surface area contributed by atoms with Crippen molar-refractivity contribution >= 4 is 12.0 Å². The number of likely N-dealkylation sites (tertiary alicyclic amines) is 1. The lowest BCUT2D eigenvalue weighted by molar-refractivity contribution is -0.141. The highest BCUT2D eigenvalue weighted by Gasteiger charge is 2.46. The Balaban J connectivity index is 0.957. The zero-order valence-electron chi connectivity index (χ0n) is 30.6. The molecule has 0 radical (unpaired) electrons. The third-order valence-electron chi connectivity index (χ3n) is 11.8. The van der Waals surface area contributed by atoms with E-state index in [-0.39, 0.29) is 36.1 Å². The Morgan fingerprint density at radius 2 is 1.42 bits per heavy atom. The lowest BCUT2D eigenvalue weighted by Crippen LogP contribution is -2.55. The number of amides is 2. The SMILES string of the molecule is COC(=O)N[C@H](C(=O)N1[C@@H](C)CC[C@H]1c1ncc(-c2ccc(-c3ccc(-c4cnc([C@@H]5CC[C@H](C)N5)[nH]4)cc3)cc2)[nH]1)[C@H]1C[C@@H](C)O[C@H](C2CC2)C1. The Kier molecular flexibility index (Phi) is 9.65. The first kappa shape index (κ1) is 34.6. The molecule has 1 saturated carbocycles. The summed E-state index contributed by atoms with van der Waals surface area (Å²) in [5, 5.41) is 6.53. The van der Waals surface area contributed by atoms with Gasteiger partial charge in [-0.15, -0.1) is 0 Å². The van der Waals surface area contributed by atoms with Crippen LogP contribution in [0.25, 0.3) is 33.6 Å². The lowest BCUT2D eigenvalue weighted by Gasteiger charge is -2.40. The van der Waals surface area contributed by atoms with E-state index >= 15 is 0 Å². The molecule has 11 heteroatoms. The van der Waals surface area contributed by atoms with E-state index in [1.54, 1.807) is 0 Å². The molecular formula is C41H51N7O4. The van der Waals surface area contributed by atoms with Crippen LogP contribution in [0, 0.1) is 11.8 Å². The smallest absolute Gasteiger partial charge is 0.407 e. The summed E-state index contributed by atoms with van der Waals surface area (Å²) < 4.78 is 11.3. The molecule has 2 aromatic carbocycles. The number of hydrogen-bond donors (Lipinski definition) is 4. The molecule has 3 saturated heterocycles. The van der Waals surface area contributed by atoms with Gasteiger partial charge in [-0.2, -0.15) is 0 Å². The first-order valence-electron chi connectivity index (χ1n) is 19.1. The van der Waals surface area contributed by atoms with Crippen molar-refractivity contribution < 1.29 is 19.1 Å². The van der Waals surface area contributed by atoms with Crippen molar-refractivity contribution in [2.24, 2.45) is 11.8 Å². The first-order valence-corrected chi connectivity index (χ1v) is 19.1. The van der Waals surface area contributed by atoms with Crippen molar-refractivity contribution in [3.8, 4) is 33.6 Å². The van der Waals surface area contributed by atoms with Gasteiger partial charge in [0.15, 0.2) is 0 Å². The van der Waals surface area contributed by atoms with E-state index in [2.05, 4.69) is 94.9 Å². The number of nitrogens with zero attached hydrogens (tertiary/aromatic N) is 3. The van der Waals surface area contributed by atoms with E-state index in [0.717, 1.165) is 71.0 Å². The molecule has 4 N–H and O–H groups in total. The van der Waals surface area contributed by atoms with Crippen LogP contribution in [0.4, 0.5) is 4.79 Å². The van der Waals surface area contributed by atoms with Crippen LogP contribution in [-0.2, 0) is 14.3 Å². The minimum absolute atomic E-state index is 0.0126. The molecule has 3 aliphatic heterocycles. The second-order valence-corrected chi connectivity index (χ2v) is 15.6. The molecule has 274 valence electrons. The molecule has 11 nitrogen and oxygen atoms in total. The predicted octanol–water partition coefficient (Wildman–Crippen LogP) is 7.32. The summed E-state index contributed by atoms with van der Waals surface area (Å²) in [6.45, 7) is 6.38. The summed E-state index contributed by atoms with van der Waals surface area (Å²) in [5.41, 5.74) is 6.33. The fourth-order valence-electron chi connectivity index (χ4n) is 8.77. The Hall–Kier alpha value is -4.48. The topological polar surface area (TPSA) is 137 Å². The third kappa shape index (κ3) is 7.13. The number of benzene rings is 2. The predicted molar refractivity (Wildman–Crippen MR) is 199 cm³/mol. The van der Waals surface area contributed by atoms with Gasteiger partial charge in [-0.25, -0.2) is 14.8 Å². The number of alkyl carbamates (subject to hydrolysis) is 1. The molecule has 0 unspecified atom stereocenters. The van der Waals surface area contributed by atoms with Gasteiger partial charge in [0.25, 0.3) is 0 Å². The molecule has 52 heavy (non-hydrogen) atoms. The van der Waals surface area contributed by atoms with Crippen LogP contribution in [0.3, 0.4) is 0 Å². The number of carbonyl (C=O) groups excluding carboxylic acids is 2. The van der Waals surface area contributed by atoms with Gasteiger partial charge < -0.3 is 35.0 Å². The second-order valence-electron chi connectivity index (χ2n) is 15.6. The van der Waals surface area contributed by atoms with Gasteiger partial charge in [-0.05, 0) is 106 Å². The highest BCUT2D eigenvalue weighted by molar-refractivity contribution is 5.87. The number of nitrogens with one attached hydrogen (secondary N) is 4. The maximum absolute atomic E-state index is 14.5. The van der Waals surface area contributed by atoms with Crippen LogP contribution in [0.1, 0.15) is 95.9 Å². The van der Waals surface area contributed by atoms with E-state index in [4.69, 9.17) is 14.5 Å². The van der Waals surface area contributed by atoms with Gasteiger partial charge in [-0.1, -0.05) is 48.5 Å². The fraction of sp³-hybridized carbons (Fsp3) is 0.512. The Labute approximate surface area is 305 Å². The minimum atomic E-state index is -0.686. The molecule has 4 fully saturated rings. The molecule has 4 aliphatic rings. The van der Waals surface area contributed by atoms with Crippen LogP contribution < -0.4 is 10.6 Å². The molecule has 5 heterocycles. The van der Waals surface area contributed by atoms with Crippen LogP contribution >= 0.6 is 0 Å². The molecule has 0 spiro atoms. The highest BCUT2D eigenvalue weighted by Crippen LogP contribution is 2.43. The summed E-state index contributed by atoms with van der Waals surface area (Å²) in [6.07, 6.45) is 11.1. The van der Waals surface area contributed by atoms with E-state index in [1.165, 1.54) is 26.4 Å². The number of H-pyrrole nitrogens is 2. The number of aromatic nitrogens is 4. The number of aromatic amines is 2. The lowest BCUT2D eigenvalue weighted by atomic mass is 9.83. The zero-order chi connectivity index (χ0) is 35.9. The zero-order valence-corrected chi connectivity index (χ0v) is 30.6. The van der Waals surface area contributed by atoms with Gasteiger partial charge in [-0.3, -0.25) is 4.79 Å². The Bertz CT molecular complexity index is 1870. The molecule has 0 bridgehead atoms. The van der Waals surface area contributed by atoms with Crippen molar-refractivity contribution in [3.05, 3.63) is 72.6 Å². The van der Waals surface area contributed by atoms with Crippen LogP contribution in [0.5, 0.6) is 0 Å². The largest absolute Gasteiger partial charge is 0.453 e. The molecule has 8 atom stereocenters. The van der Waals surface area contributed by atoms with E-state index in [9.17, 15) is 9.59 Å². The average Bonchev–Trinajstić information content (AvgIpc) is 3.50. The maximum Gasteiger partial charge on any atom is 0.407 e. The van der Waals surface area contributed by atoms with Crippen molar-refractivity contribution in [2.45, 2.75) is 115 Å². The van der Waals surface area contributed by atoms with Crippen molar-refractivity contribution in [1.29, 1.82) is 0 Å². The van der Waals surface area contributed by atoms with Gasteiger partial charge in [0, 0.05) is 12.1 Å². The van der Waals surface area contributed by atoms with Crippen LogP contribution in [0.2, 0.25) is 0 Å². The number of hydrogen-bond acceptors (Lipinski definition) is 7. The number of rotatable bonds is 9. The van der Waals surface area contributed by atoms with Crippen LogP contribution in [0.15, 0.2) is 60.9 Å². The summed E-state index contributed by atoms with van der Waals surface area (Å²) in [4.78, 5) is 45.5. The highest BCUT2D eigenvalue weighted by atomic mass is 16.5. The maximum atomic E-state index is 14.5. The molecule has 2 amide bonds. The average molecular weight is 706 g/mol. The Morgan fingerprint density at radius 1 is 0.808 bits per heavy atom. The van der Waals surface area contributed by atoms with Gasteiger partial charge in [0.05, 0.1) is 55.2 Å². The quantitative estimate of drug-likeness (QED) is 0.143. The Morgan fingerprint density at radius 3 is 2.02 bits per heavy atom. The molecular weight excluding hydrogens is 654 g/mol. The van der Waals surface area contributed by atoms with Crippen LogP contribution in [-0.4, -0.2) is 74.3 Å². The molecule has 8 rings (SSSR count).